The van der Waals surface area contributed by atoms with E-state index in [1.165, 1.54) is 0 Å². The third-order valence-corrected chi connectivity index (χ3v) is 10.2. The summed E-state index contributed by atoms with van der Waals surface area (Å²) >= 11 is 8.34. The van der Waals surface area contributed by atoms with E-state index in [1.807, 2.05) is 48.8 Å². The highest BCUT2D eigenvalue weighted by molar-refractivity contribution is 7.99. The molecule has 49 heavy (non-hydrogen) atoms. The van der Waals surface area contributed by atoms with E-state index in [-0.39, 0.29) is 0 Å². The SMILES string of the molecule is O=C(NCCCCCSc1ccc(Cl)c(COC2(c3cnccc3-c3ccccc3OC3CC3)CC2)c1)N[C@@H](CO)[C@@H](O)[C@H](O)[C@H](O)CO. The number of thioether (sulfide) groups is 1. The van der Waals surface area contributed by atoms with Crippen molar-refractivity contribution in [2.75, 3.05) is 25.5 Å². The zero-order valence-electron chi connectivity index (χ0n) is 27.3. The Hall–Kier alpha value is -2.94. The molecule has 2 aromatic carbocycles. The van der Waals surface area contributed by atoms with Gasteiger partial charge < -0.3 is 45.6 Å². The number of para-hydroxylation sites is 1. The van der Waals surface area contributed by atoms with Crippen LogP contribution in [0.4, 0.5) is 4.79 Å². The van der Waals surface area contributed by atoms with Gasteiger partial charge in [0.1, 0.15) is 24.1 Å². The minimum absolute atomic E-state index is 0.298. The van der Waals surface area contributed by atoms with Crippen molar-refractivity contribution in [3.05, 3.63) is 77.1 Å². The number of nitrogens with one attached hydrogen (secondary N) is 2. The van der Waals surface area contributed by atoms with Crippen molar-refractivity contribution in [3.63, 3.8) is 0 Å². The van der Waals surface area contributed by atoms with Gasteiger partial charge in [-0.3, -0.25) is 4.98 Å². The van der Waals surface area contributed by atoms with Crippen molar-refractivity contribution in [2.45, 2.75) is 92.5 Å². The third-order valence-electron chi connectivity index (χ3n) is 8.76. The van der Waals surface area contributed by atoms with Crippen LogP contribution in [0.5, 0.6) is 5.75 Å². The van der Waals surface area contributed by atoms with Crippen LogP contribution in [-0.2, 0) is 16.9 Å². The highest BCUT2D eigenvalue weighted by Crippen LogP contribution is 2.53. The predicted octanol–water partition coefficient (Wildman–Crippen LogP) is 4.15. The lowest BCUT2D eigenvalue weighted by Gasteiger charge is -2.28. The molecule has 0 aliphatic heterocycles. The maximum absolute atomic E-state index is 12.2. The maximum Gasteiger partial charge on any atom is 0.315 e. The van der Waals surface area contributed by atoms with E-state index >= 15 is 0 Å². The number of aromatic nitrogens is 1. The minimum atomic E-state index is -1.72. The molecule has 3 aromatic rings. The Bertz CT molecular complexity index is 1530. The molecular formula is C36H46ClN3O8S. The summed E-state index contributed by atoms with van der Waals surface area (Å²) < 4.78 is 12.9. The van der Waals surface area contributed by atoms with Crippen LogP contribution in [0.2, 0.25) is 5.02 Å². The summed E-state index contributed by atoms with van der Waals surface area (Å²) in [5, 5.41) is 53.5. The Balaban J connectivity index is 1.06. The van der Waals surface area contributed by atoms with Gasteiger partial charge in [-0.2, -0.15) is 0 Å². The van der Waals surface area contributed by atoms with Gasteiger partial charge >= 0.3 is 6.03 Å². The monoisotopic (exact) mass is 715 g/mol. The van der Waals surface area contributed by atoms with Gasteiger partial charge in [0.15, 0.2) is 0 Å². The number of halogens is 1. The highest BCUT2D eigenvalue weighted by atomic mass is 35.5. The third kappa shape index (κ3) is 10.3. The summed E-state index contributed by atoms with van der Waals surface area (Å²) in [6.45, 7) is -0.661. The average Bonchev–Trinajstić information content (AvgIpc) is 4.07. The number of rotatable bonds is 20. The molecule has 2 fully saturated rings. The molecule has 1 aromatic heterocycles. The fourth-order valence-electron chi connectivity index (χ4n) is 5.55. The molecule has 5 rings (SSSR count). The van der Waals surface area contributed by atoms with Gasteiger partial charge in [-0.15, -0.1) is 11.8 Å². The fourth-order valence-corrected chi connectivity index (χ4v) is 6.70. The van der Waals surface area contributed by atoms with Gasteiger partial charge in [0.05, 0.1) is 37.6 Å². The number of aliphatic hydroxyl groups excluding tert-OH is 5. The molecule has 2 aliphatic carbocycles. The van der Waals surface area contributed by atoms with Crippen LogP contribution in [-0.4, -0.2) is 92.5 Å². The zero-order chi connectivity index (χ0) is 34.8. The number of pyridine rings is 1. The van der Waals surface area contributed by atoms with Gasteiger partial charge in [0.25, 0.3) is 0 Å². The van der Waals surface area contributed by atoms with E-state index in [1.54, 1.807) is 11.8 Å². The maximum atomic E-state index is 12.2. The van der Waals surface area contributed by atoms with Crippen molar-refractivity contribution in [1.82, 2.24) is 15.6 Å². The van der Waals surface area contributed by atoms with Gasteiger partial charge in [-0.05, 0) is 85.7 Å². The number of carbonyl (C=O) groups is 1. The first-order chi connectivity index (χ1) is 23.7. The molecule has 2 aliphatic rings. The molecule has 2 saturated carbocycles. The number of carbonyl (C=O) groups excluding carboxylic acids is 1. The Morgan fingerprint density at radius 3 is 2.53 bits per heavy atom. The van der Waals surface area contributed by atoms with Gasteiger partial charge in [0.2, 0.25) is 0 Å². The van der Waals surface area contributed by atoms with E-state index in [9.17, 15) is 25.2 Å². The van der Waals surface area contributed by atoms with Gasteiger partial charge in [-0.25, -0.2) is 4.79 Å². The molecule has 2 amide bonds. The largest absolute Gasteiger partial charge is 0.490 e. The molecule has 0 saturated heterocycles. The molecule has 0 radical (unpaired) electrons. The second-order valence-corrected chi connectivity index (χ2v) is 14.2. The fraction of sp³-hybridized carbons (Fsp3) is 0.500. The lowest BCUT2D eigenvalue weighted by atomic mass is 9.96. The Morgan fingerprint density at radius 2 is 1.80 bits per heavy atom. The summed E-state index contributed by atoms with van der Waals surface area (Å²) in [5.41, 5.74) is 3.72. The average molecular weight is 716 g/mol. The first-order valence-corrected chi connectivity index (χ1v) is 18.2. The van der Waals surface area contributed by atoms with Crippen LogP contribution in [0.1, 0.15) is 56.1 Å². The number of hydrogen-bond acceptors (Lipinski definition) is 10. The van der Waals surface area contributed by atoms with Crippen LogP contribution in [0.15, 0.2) is 65.8 Å². The molecular weight excluding hydrogens is 670 g/mol. The Labute approximate surface area is 296 Å². The Kier molecular flexibility index (Phi) is 13.6. The zero-order valence-corrected chi connectivity index (χ0v) is 28.9. The normalized spacial score (nSPS) is 17.5. The first kappa shape index (κ1) is 37.3. The molecule has 11 nitrogen and oxygen atoms in total. The van der Waals surface area contributed by atoms with Crippen LogP contribution >= 0.6 is 23.4 Å². The van der Waals surface area contributed by atoms with E-state index in [2.05, 4.69) is 27.8 Å². The smallest absolute Gasteiger partial charge is 0.315 e. The predicted molar refractivity (Wildman–Crippen MR) is 188 cm³/mol. The lowest BCUT2D eigenvalue weighted by Crippen LogP contribution is -2.56. The topological polar surface area (TPSA) is 174 Å². The summed E-state index contributed by atoms with van der Waals surface area (Å²) in [6.07, 6.45) is 5.57. The number of ether oxygens (including phenoxy) is 2. The van der Waals surface area contributed by atoms with Gasteiger partial charge in [0, 0.05) is 40.0 Å². The molecule has 13 heteroatoms. The van der Waals surface area contributed by atoms with Crippen molar-refractivity contribution in [2.24, 2.45) is 0 Å². The van der Waals surface area contributed by atoms with Crippen LogP contribution < -0.4 is 15.4 Å². The van der Waals surface area contributed by atoms with E-state index in [0.29, 0.717) is 24.3 Å². The van der Waals surface area contributed by atoms with E-state index < -0.39 is 49.2 Å². The molecule has 1 heterocycles. The number of urea groups is 1. The lowest BCUT2D eigenvalue weighted by molar-refractivity contribution is -0.0902. The number of unbranched alkanes of at least 4 members (excludes halogenated alkanes) is 2. The summed E-state index contributed by atoms with van der Waals surface area (Å²) in [7, 11) is 0. The molecule has 0 unspecified atom stereocenters. The Morgan fingerprint density at radius 1 is 1.00 bits per heavy atom. The number of nitrogens with zero attached hydrogens (tertiary/aromatic N) is 1. The molecule has 0 spiro atoms. The van der Waals surface area contributed by atoms with Crippen molar-refractivity contribution in [3.8, 4) is 16.9 Å². The van der Waals surface area contributed by atoms with Crippen LogP contribution in [0.25, 0.3) is 11.1 Å². The first-order valence-electron chi connectivity index (χ1n) is 16.8. The number of amides is 2. The summed E-state index contributed by atoms with van der Waals surface area (Å²) in [6, 6.07) is 14.4. The number of benzene rings is 2. The second kappa shape index (κ2) is 17.8. The molecule has 4 atom stereocenters. The molecule has 266 valence electrons. The number of hydrogen-bond donors (Lipinski definition) is 7. The van der Waals surface area contributed by atoms with Crippen LogP contribution in [0, 0.1) is 0 Å². The van der Waals surface area contributed by atoms with E-state index in [0.717, 1.165) is 83.6 Å². The molecule has 7 N–H and O–H groups in total. The summed E-state index contributed by atoms with van der Waals surface area (Å²) in [5.74, 6) is 1.77. The minimum Gasteiger partial charge on any atom is -0.490 e. The second-order valence-electron chi connectivity index (χ2n) is 12.6. The standard InChI is InChI=1S/C36H46ClN3O8S/c37-29-11-10-25(49-17-5-1-4-15-39-35(46)40-30(20-41)33(44)34(45)31(43)21-42)18-23(29)22-47-36(13-14-36)28-19-38-16-12-26(28)27-6-2-3-7-32(27)48-24-8-9-24/h2-3,6-7,10-12,16,18-19,24,30-31,33-34,41-45H,1,4-5,8-9,13-15,17,20-22H2,(H2,39,40,46)/t30-,31+,33+,34+/m0/s1. The summed E-state index contributed by atoms with van der Waals surface area (Å²) in [4.78, 5) is 17.7. The van der Waals surface area contributed by atoms with Crippen molar-refractivity contribution >= 4 is 29.4 Å². The van der Waals surface area contributed by atoms with Crippen molar-refractivity contribution < 1.29 is 39.8 Å². The van der Waals surface area contributed by atoms with Crippen molar-refractivity contribution in [1.29, 1.82) is 0 Å². The number of aliphatic hydroxyl groups is 5. The van der Waals surface area contributed by atoms with Gasteiger partial charge in [-0.1, -0.05) is 36.2 Å². The quantitative estimate of drug-likeness (QED) is 0.0666. The van der Waals surface area contributed by atoms with Crippen LogP contribution in [0.3, 0.4) is 0 Å². The van der Waals surface area contributed by atoms with E-state index in [4.69, 9.17) is 26.2 Å². The highest BCUT2D eigenvalue weighted by Gasteiger charge is 2.48. The molecule has 0 bridgehead atoms.